The standard InChI is InChI=1S/C13H11N3O3S/c1-9-2-4-10(5-3-9)13-16-11(8-19-13)6-12(7-14)20(15,17)18/h2-6,8H,1H3,(H2,15,17,18). The van der Waals surface area contributed by atoms with Crippen molar-refractivity contribution in [2.45, 2.75) is 6.92 Å². The van der Waals surface area contributed by atoms with Crippen LogP contribution < -0.4 is 5.14 Å². The molecule has 0 spiro atoms. The Labute approximate surface area is 116 Å². The van der Waals surface area contributed by atoms with Gasteiger partial charge in [-0.3, -0.25) is 0 Å². The number of benzene rings is 1. The molecule has 2 rings (SSSR count). The van der Waals surface area contributed by atoms with Crippen LogP contribution in [-0.2, 0) is 10.0 Å². The lowest BCUT2D eigenvalue weighted by molar-refractivity contribution is 0.574. The van der Waals surface area contributed by atoms with E-state index in [4.69, 9.17) is 14.8 Å². The average Bonchev–Trinajstić information content (AvgIpc) is 2.84. The van der Waals surface area contributed by atoms with Crippen LogP contribution in [0.4, 0.5) is 0 Å². The molecule has 0 saturated heterocycles. The maximum Gasteiger partial charge on any atom is 0.248 e. The molecule has 1 aromatic carbocycles. The van der Waals surface area contributed by atoms with Crippen molar-refractivity contribution in [2.24, 2.45) is 5.14 Å². The van der Waals surface area contributed by atoms with Gasteiger partial charge in [-0.1, -0.05) is 17.7 Å². The fraction of sp³-hybridized carbons (Fsp3) is 0.0769. The molecule has 1 heterocycles. The molecule has 0 aliphatic heterocycles. The van der Waals surface area contributed by atoms with Crippen molar-refractivity contribution in [3.05, 3.63) is 46.7 Å². The summed E-state index contributed by atoms with van der Waals surface area (Å²) in [5.74, 6) is 0.336. The first-order chi connectivity index (χ1) is 9.40. The summed E-state index contributed by atoms with van der Waals surface area (Å²) in [7, 11) is -4.06. The zero-order valence-corrected chi connectivity index (χ0v) is 11.4. The van der Waals surface area contributed by atoms with Crippen LogP contribution in [0.5, 0.6) is 0 Å². The minimum absolute atomic E-state index is 0.214. The summed E-state index contributed by atoms with van der Waals surface area (Å²) in [6.07, 6.45) is 2.33. The van der Waals surface area contributed by atoms with Gasteiger partial charge in [-0.25, -0.2) is 18.5 Å². The molecule has 20 heavy (non-hydrogen) atoms. The number of nitrogens with zero attached hydrogens (tertiary/aromatic N) is 2. The normalized spacial score (nSPS) is 12.2. The molecule has 2 N–H and O–H groups in total. The van der Waals surface area contributed by atoms with Crippen LogP contribution in [0.3, 0.4) is 0 Å². The largest absolute Gasteiger partial charge is 0.444 e. The second-order valence-corrected chi connectivity index (χ2v) is 5.64. The molecule has 0 aliphatic rings. The van der Waals surface area contributed by atoms with E-state index in [1.54, 1.807) is 0 Å². The van der Waals surface area contributed by atoms with Gasteiger partial charge in [0.25, 0.3) is 0 Å². The number of aromatic nitrogens is 1. The molecule has 0 fully saturated rings. The van der Waals surface area contributed by atoms with Crippen LogP contribution >= 0.6 is 0 Å². The summed E-state index contributed by atoms with van der Waals surface area (Å²) in [6, 6.07) is 8.98. The Morgan fingerprint density at radius 3 is 2.60 bits per heavy atom. The fourth-order valence-corrected chi connectivity index (χ4v) is 1.91. The number of aryl methyl sites for hydroxylation is 1. The third kappa shape index (κ3) is 3.12. The van der Waals surface area contributed by atoms with Crippen molar-refractivity contribution in [2.75, 3.05) is 0 Å². The first-order valence-corrected chi connectivity index (χ1v) is 7.12. The first kappa shape index (κ1) is 14.0. The molecular formula is C13H11N3O3S. The molecule has 0 atom stereocenters. The van der Waals surface area contributed by atoms with Crippen molar-refractivity contribution < 1.29 is 12.8 Å². The van der Waals surface area contributed by atoms with E-state index >= 15 is 0 Å². The summed E-state index contributed by atoms with van der Waals surface area (Å²) >= 11 is 0. The molecule has 7 heteroatoms. The van der Waals surface area contributed by atoms with E-state index in [-0.39, 0.29) is 5.69 Å². The molecular weight excluding hydrogens is 278 g/mol. The molecule has 6 nitrogen and oxygen atoms in total. The van der Waals surface area contributed by atoms with Gasteiger partial charge in [0.2, 0.25) is 15.9 Å². The third-order valence-corrected chi connectivity index (χ3v) is 3.34. The van der Waals surface area contributed by atoms with Crippen LogP contribution in [0.2, 0.25) is 0 Å². The van der Waals surface area contributed by atoms with Gasteiger partial charge in [0.1, 0.15) is 18.0 Å². The van der Waals surface area contributed by atoms with E-state index in [1.807, 2.05) is 31.2 Å². The second kappa shape index (κ2) is 5.28. The van der Waals surface area contributed by atoms with Gasteiger partial charge >= 0.3 is 0 Å². The van der Waals surface area contributed by atoms with Crippen molar-refractivity contribution in [1.82, 2.24) is 4.98 Å². The number of hydrogen-bond acceptors (Lipinski definition) is 5. The quantitative estimate of drug-likeness (QED) is 0.866. The van der Waals surface area contributed by atoms with Crippen LogP contribution in [0.25, 0.3) is 17.5 Å². The number of oxazole rings is 1. The fourth-order valence-electron chi connectivity index (χ4n) is 1.49. The number of rotatable bonds is 3. The highest BCUT2D eigenvalue weighted by Crippen LogP contribution is 2.20. The Morgan fingerprint density at radius 2 is 2.05 bits per heavy atom. The van der Waals surface area contributed by atoms with Gasteiger partial charge in [-0.2, -0.15) is 5.26 Å². The topological polar surface area (TPSA) is 110 Å². The minimum Gasteiger partial charge on any atom is -0.444 e. The van der Waals surface area contributed by atoms with E-state index in [1.165, 1.54) is 12.3 Å². The smallest absolute Gasteiger partial charge is 0.248 e. The number of nitrogens with two attached hydrogens (primary N) is 1. The molecule has 0 amide bonds. The number of allylic oxidation sites excluding steroid dienone is 1. The number of nitriles is 1. The summed E-state index contributed by atoms with van der Waals surface area (Å²) < 4.78 is 27.5. The summed E-state index contributed by atoms with van der Waals surface area (Å²) in [5.41, 5.74) is 2.07. The highest BCUT2D eigenvalue weighted by molar-refractivity contribution is 7.93. The average molecular weight is 289 g/mol. The number of primary sulfonamides is 1. The van der Waals surface area contributed by atoms with Gasteiger partial charge in [-0.15, -0.1) is 0 Å². The number of sulfonamides is 1. The monoisotopic (exact) mass is 289 g/mol. The zero-order valence-electron chi connectivity index (χ0n) is 10.6. The highest BCUT2D eigenvalue weighted by Gasteiger charge is 2.13. The van der Waals surface area contributed by atoms with E-state index in [0.29, 0.717) is 5.89 Å². The molecule has 0 radical (unpaired) electrons. The Morgan fingerprint density at radius 1 is 1.40 bits per heavy atom. The Kier molecular flexibility index (Phi) is 3.70. The lowest BCUT2D eigenvalue weighted by atomic mass is 10.1. The van der Waals surface area contributed by atoms with Crippen molar-refractivity contribution in [3.63, 3.8) is 0 Å². The maximum atomic E-state index is 11.1. The van der Waals surface area contributed by atoms with Gasteiger partial charge < -0.3 is 4.42 Å². The van der Waals surface area contributed by atoms with E-state index in [0.717, 1.165) is 17.2 Å². The lowest BCUT2D eigenvalue weighted by Crippen LogP contribution is -2.13. The molecule has 1 aromatic heterocycles. The van der Waals surface area contributed by atoms with Gasteiger partial charge in [0, 0.05) is 5.56 Å². The van der Waals surface area contributed by atoms with Crippen molar-refractivity contribution in [3.8, 4) is 17.5 Å². The molecule has 0 unspecified atom stereocenters. The minimum atomic E-state index is -4.06. The van der Waals surface area contributed by atoms with Crippen molar-refractivity contribution >= 4 is 16.1 Å². The Bertz CT molecular complexity index is 796. The number of hydrogen-bond donors (Lipinski definition) is 1. The molecule has 0 bridgehead atoms. The van der Waals surface area contributed by atoms with Gasteiger partial charge in [0.15, 0.2) is 4.91 Å². The lowest BCUT2D eigenvalue weighted by Gasteiger charge is -1.95. The van der Waals surface area contributed by atoms with E-state index in [9.17, 15) is 8.42 Å². The molecule has 2 aromatic rings. The summed E-state index contributed by atoms with van der Waals surface area (Å²) in [4.78, 5) is 3.53. The third-order valence-electron chi connectivity index (χ3n) is 2.52. The van der Waals surface area contributed by atoms with E-state index < -0.39 is 14.9 Å². The van der Waals surface area contributed by atoms with Gasteiger partial charge in [0.05, 0.1) is 0 Å². The van der Waals surface area contributed by atoms with E-state index in [2.05, 4.69) is 4.98 Å². The highest BCUT2D eigenvalue weighted by atomic mass is 32.2. The SMILES string of the molecule is Cc1ccc(-c2nc(C=C(C#N)S(N)(=O)=O)co2)cc1. The first-order valence-electron chi connectivity index (χ1n) is 5.57. The predicted octanol–water partition coefficient (Wildman–Crippen LogP) is 1.80. The van der Waals surface area contributed by atoms with Crippen LogP contribution in [-0.4, -0.2) is 13.4 Å². The Balaban J connectivity index is 2.37. The molecule has 0 aliphatic carbocycles. The summed E-state index contributed by atoms with van der Waals surface area (Å²) in [5, 5.41) is 13.6. The zero-order chi connectivity index (χ0) is 14.8. The maximum absolute atomic E-state index is 11.1. The Hall–Kier alpha value is -2.43. The van der Waals surface area contributed by atoms with Crippen molar-refractivity contribution in [1.29, 1.82) is 5.26 Å². The molecule has 0 saturated carbocycles. The molecule has 102 valence electrons. The summed E-state index contributed by atoms with van der Waals surface area (Å²) in [6.45, 7) is 1.96. The van der Waals surface area contributed by atoms with Crippen LogP contribution in [0, 0.1) is 18.3 Å². The van der Waals surface area contributed by atoms with Gasteiger partial charge in [-0.05, 0) is 25.1 Å². The predicted molar refractivity (Wildman–Crippen MR) is 73.4 cm³/mol. The second-order valence-electron chi connectivity index (χ2n) is 4.11. The van der Waals surface area contributed by atoms with Crippen LogP contribution in [0.15, 0.2) is 39.9 Å². The van der Waals surface area contributed by atoms with Crippen LogP contribution in [0.1, 0.15) is 11.3 Å².